The Bertz CT molecular complexity index is 919. The Kier molecular flexibility index (Phi) is 8.48. The summed E-state index contributed by atoms with van der Waals surface area (Å²) in [5, 5.41) is 0. The molecule has 0 N–H and O–H groups in total. The topological polar surface area (TPSA) is 9.23 Å². The standard InChI is InChI=1S/C28H31FO/c1-3-5-19-30-21-25-13-16-26(17-14-25)27-18-15-24(20-28(27)29)12-11-23-9-7-22(6-4-2)8-10-23/h3-6,13-18,20,22-23H,7-10,19,21H2,1-2H3/b5-3+,6-4-. The zero-order chi connectivity index (χ0) is 21.2. The molecule has 2 aromatic rings. The van der Waals surface area contributed by atoms with Crippen LogP contribution in [-0.2, 0) is 11.3 Å². The van der Waals surface area contributed by atoms with Gasteiger partial charge < -0.3 is 4.74 Å². The van der Waals surface area contributed by atoms with Crippen molar-refractivity contribution in [3.63, 3.8) is 0 Å². The number of hydrogen-bond acceptors (Lipinski definition) is 1. The second-order valence-electron chi connectivity index (χ2n) is 7.88. The first-order valence-electron chi connectivity index (χ1n) is 10.9. The average Bonchev–Trinajstić information content (AvgIpc) is 2.77. The summed E-state index contributed by atoms with van der Waals surface area (Å²) >= 11 is 0. The first kappa shape index (κ1) is 22.1. The van der Waals surface area contributed by atoms with Gasteiger partial charge in [0.1, 0.15) is 5.82 Å². The maximum atomic E-state index is 14.7. The molecule has 0 atom stereocenters. The minimum absolute atomic E-state index is 0.226. The Morgan fingerprint density at radius 3 is 2.43 bits per heavy atom. The molecule has 0 radical (unpaired) electrons. The van der Waals surface area contributed by atoms with Crippen LogP contribution in [-0.4, -0.2) is 6.61 Å². The van der Waals surface area contributed by atoms with E-state index in [1.54, 1.807) is 6.07 Å². The van der Waals surface area contributed by atoms with Gasteiger partial charge in [-0.2, -0.15) is 0 Å². The molecule has 30 heavy (non-hydrogen) atoms. The molecule has 1 aliphatic rings. The van der Waals surface area contributed by atoms with Crippen LogP contribution in [0, 0.1) is 29.5 Å². The van der Waals surface area contributed by atoms with Crippen molar-refractivity contribution in [2.24, 2.45) is 11.8 Å². The van der Waals surface area contributed by atoms with Gasteiger partial charge in [0.2, 0.25) is 0 Å². The first-order chi connectivity index (χ1) is 14.7. The Labute approximate surface area is 180 Å². The monoisotopic (exact) mass is 402 g/mol. The average molecular weight is 403 g/mol. The van der Waals surface area contributed by atoms with E-state index in [1.807, 2.05) is 55.5 Å². The summed E-state index contributed by atoms with van der Waals surface area (Å²) < 4.78 is 20.3. The fraction of sp³-hybridized carbons (Fsp3) is 0.357. The highest BCUT2D eigenvalue weighted by atomic mass is 19.1. The van der Waals surface area contributed by atoms with E-state index in [1.165, 1.54) is 12.8 Å². The molecule has 0 unspecified atom stereocenters. The van der Waals surface area contributed by atoms with E-state index >= 15 is 0 Å². The molecule has 156 valence electrons. The van der Waals surface area contributed by atoms with Crippen molar-refractivity contribution in [1.82, 2.24) is 0 Å². The van der Waals surface area contributed by atoms with Gasteiger partial charge in [-0.1, -0.05) is 66.5 Å². The van der Waals surface area contributed by atoms with Gasteiger partial charge in [-0.3, -0.25) is 0 Å². The predicted molar refractivity (Wildman–Crippen MR) is 123 cm³/mol. The molecule has 0 aliphatic heterocycles. The molecule has 0 spiro atoms. The molecule has 0 saturated heterocycles. The molecular weight excluding hydrogens is 371 g/mol. The van der Waals surface area contributed by atoms with Gasteiger partial charge in [0.15, 0.2) is 0 Å². The lowest BCUT2D eigenvalue weighted by Crippen LogP contribution is -2.11. The molecular formula is C28H31FO. The maximum absolute atomic E-state index is 14.7. The lowest BCUT2D eigenvalue weighted by molar-refractivity contribution is 0.148. The Hall–Kier alpha value is -2.63. The summed E-state index contributed by atoms with van der Waals surface area (Å²) in [5.74, 6) is 7.46. The smallest absolute Gasteiger partial charge is 0.132 e. The van der Waals surface area contributed by atoms with E-state index in [4.69, 9.17) is 4.74 Å². The quantitative estimate of drug-likeness (QED) is 0.279. The van der Waals surface area contributed by atoms with Crippen LogP contribution < -0.4 is 0 Å². The van der Waals surface area contributed by atoms with E-state index in [-0.39, 0.29) is 5.82 Å². The first-order valence-corrected chi connectivity index (χ1v) is 10.9. The normalized spacial score (nSPS) is 19.2. The Balaban J connectivity index is 1.60. The number of rotatable bonds is 6. The number of benzene rings is 2. The molecule has 1 saturated carbocycles. The molecule has 0 bridgehead atoms. The summed E-state index contributed by atoms with van der Waals surface area (Å²) in [6.07, 6.45) is 13.1. The van der Waals surface area contributed by atoms with Crippen molar-refractivity contribution in [3.05, 3.63) is 83.7 Å². The van der Waals surface area contributed by atoms with E-state index in [9.17, 15) is 4.39 Å². The van der Waals surface area contributed by atoms with E-state index < -0.39 is 0 Å². The van der Waals surface area contributed by atoms with Gasteiger partial charge in [-0.15, -0.1) is 0 Å². The van der Waals surface area contributed by atoms with Crippen molar-refractivity contribution < 1.29 is 9.13 Å². The summed E-state index contributed by atoms with van der Waals surface area (Å²) in [4.78, 5) is 0. The zero-order valence-corrected chi connectivity index (χ0v) is 18.0. The highest BCUT2D eigenvalue weighted by Crippen LogP contribution is 2.29. The van der Waals surface area contributed by atoms with Crippen LogP contribution in [0.5, 0.6) is 0 Å². The lowest BCUT2D eigenvalue weighted by Gasteiger charge is -2.22. The summed E-state index contributed by atoms with van der Waals surface area (Å²) in [5.41, 5.74) is 3.30. The molecule has 3 rings (SSSR count). The number of allylic oxidation sites excluding steroid dienone is 3. The van der Waals surface area contributed by atoms with Gasteiger partial charge in [-0.05, 0) is 68.7 Å². The van der Waals surface area contributed by atoms with Crippen molar-refractivity contribution in [3.8, 4) is 23.0 Å². The minimum Gasteiger partial charge on any atom is -0.373 e. The molecule has 1 fully saturated rings. The van der Waals surface area contributed by atoms with Gasteiger partial charge in [0.05, 0.1) is 13.2 Å². The number of halogens is 1. The third kappa shape index (κ3) is 6.44. The summed E-state index contributed by atoms with van der Waals surface area (Å²) in [6.45, 7) is 5.21. The van der Waals surface area contributed by atoms with Crippen molar-refractivity contribution in [2.75, 3.05) is 6.61 Å². The Morgan fingerprint density at radius 1 is 1.00 bits per heavy atom. The van der Waals surface area contributed by atoms with Gasteiger partial charge in [-0.25, -0.2) is 4.39 Å². The van der Waals surface area contributed by atoms with Crippen LogP contribution in [0.3, 0.4) is 0 Å². The molecule has 0 amide bonds. The maximum Gasteiger partial charge on any atom is 0.132 e. The van der Waals surface area contributed by atoms with E-state index in [0.29, 0.717) is 30.6 Å². The van der Waals surface area contributed by atoms with E-state index in [0.717, 1.165) is 29.5 Å². The molecule has 2 heteroatoms. The SMILES string of the molecule is C/C=C\C1CCC(C#Cc2ccc(-c3ccc(COC/C=C/C)cc3)c(F)c2)CC1. The van der Waals surface area contributed by atoms with Crippen LogP contribution in [0.2, 0.25) is 0 Å². The fourth-order valence-corrected chi connectivity index (χ4v) is 3.86. The highest BCUT2D eigenvalue weighted by molar-refractivity contribution is 5.65. The summed E-state index contributed by atoms with van der Waals surface area (Å²) in [6, 6.07) is 13.2. The van der Waals surface area contributed by atoms with Crippen molar-refractivity contribution >= 4 is 0 Å². The van der Waals surface area contributed by atoms with E-state index in [2.05, 4.69) is 30.9 Å². The van der Waals surface area contributed by atoms with Gasteiger partial charge in [0.25, 0.3) is 0 Å². The van der Waals surface area contributed by atoms with Crippen LogP contribution in [0.25, 0.3) is 11.1 Å². The third-order valence-corrected chi connectivity index (χ3v) is 5.61. The fourth-order valence-electron chi connectivity index (χ4n) is 3.86. The molecule has 0 heterocycles. The Morgan fingerprint density at radius 2 is 1.77 bits per heavy atom. The van der Waals surface area contributed by atoms with Crippen LogP contribution >= 0.6 is 0 Å². The highest BCUT2D eigenvalue weighted by Gasteiger charge is 2.17. The molecule has 0 aromatic heterocycles. The van der Waals surface area contributed by atoms with Gasteiger partial charge >= 0.3 is 0 Å². The van der Waals surface area contributed by atoms with Gasteiger partial charge in [0, 0.05) is 17.0 Å². The van der Waals surface area contributed by atoms with Crippen molar-refractivity contribution in [1.29, 1.82) is 0 Å². The minimum atomic E-state index is -0.226. The molecule has 1 nitrogen and oxygen atoms in total. The largest absolute Gasteiger partial charge is 0.373 e. The van der Waals surface area contributed by atoms with Crippen LogP contribution in [0.15, 0.2) is 66.8 Å². The third-order valence-electron chi connectivity index (χ3n) is 5.61. The predicted octanol–water partition coefficient (Wildman–Crippen LogP) is 7.32. The van der Waals surface area contributed by atoms with Crippen LogP contribution in [0.1, 0.15) is 50.7 Å². The lowest BCUT2D eigenvalue weighted by atomic mass is 9.82. The van der Waals surface area contributed by atoms with Crippen molar-refractivity contribution in [2.45, 2.75) is 46.1 Å². The molecule has 2 aromatic carbocycles. The second kappa shape index (κ2) is 11.5. The second-order valence-corrected chi connectivity index (χ2v) is 7.88. The zero-order valence-electron chi connectivity index (χ0n) is 18.0. The number of ether oxygens (including phenoxy) is 1. The van der Waals surface area contributed by atoms with Crippen LogP contribution in [0.4, 0.5) is 4.39 Å². The molecule has 1 aliphatic carbocycles. The summed E-state index contributed by atoms with van der Waals surface area (Å²) in [7, 11) is 0. The number of hydrogen-bond donors (Lipinski definition) is 0.